The number of nitrogens with one attached hydrogen (secondary N) is 1. The third kappa shape index (κ3) is 3.95. The first-order valence-electron chi connectivity index (χ1n) is 6.65. The molecule has 0 saturated carbocycles. The van der Waals surface area contributed by atoms with E-state index in [1.807, 2.05) is 0 Å². The van der Waals surface area contributed by atoms with E-state index in [2.05, 4.69) is 21.2 Å². The van der Waals surface area contributed by atoms with Gasteiger partial charge in [0, 0.05) is 18.7 Å². The van der Waals surface area contributed by atoms with E-state index < -0.39 is 11.9 Å². The van der Waals surface area contributed by atoms with E-state index in [4.69, 9.17) is 4.74 Å². The molecule has 0 spiro atoms. The summed E-state index contributed by atoms with van der Waals surface area (Å²) in [4.78, 5) is 25.9. The maximum atomic E-state index is 12.2. The first-order chi connectivity index (χ1) is 9.99. The van der Waals surface area contributed by atoms with Crippen LogP contribution in [0.2, 0.25) is 0 Å². The Kier molecular flexibility index (Phi) is 5.19. The lowest BCUT2D eigenvalue weighted by atomic mass is 10.2. The second-order valence-corrected chi connectivity index (χ2v) is 5.65. The fraction of sp³-hybridized carbons (Fsp3) is 0.429. The molecule has 0 bridgehead atoms. The summed E-state index contributed by atoms with van der Waals surface area (Å²) in [6.45, 7) is 3.77. The zero-order chi connectivity index (χ0) is 15.4. The van der Waals surface area contributed by atoms with Gasteiger partial charge in [-0.05, 0) is 41.1 Å². The van der Waals surface area contributed by atoms with Crippen LogP contribution in [0.5, 0.6) is 5.75 Å². The van der Waals surface area contributed by atoms with Crippen LogP contribution < -0.4 is 5.32 Å². The van der Waals surface area contributed by atoms with E-state index >= 15 is 0 Å². The number of rotatable bonds is 3. The number of carbonyl (C=O) groups is 2. The van der Waals surface area contributed by atoms with Gasteiger partial charge in [-0.15, -0.1) is 0 Å². The number of hydrogen-bond donors (Lipinski definition) is 2. The van der Waals surface area contributed by atoms with Crippen LogP contribution >= 0.6 is 15.9 Å². The minimum Gasteiger partial charge on any atom is -0.507 e. The predicted molar refractivity (Wildman–Crippen MR) is 80.1 cm³/mol. The van der Waals surface area contributed by atoms with Gasteiger partial charge in [-0.3, -0.25) is 9.59 Å². The highest BCUT2D eigenvalue weighted by atomic mass is 79.9. The summed E-state index contributed by atoms with van der Waals surface area (Å²) >= 11 is 3.15. The third-order valence-electron chi connectivity index (χ3n) is 3.25. The summed E-state index contributed by atoms with van der Waals surface area (Å²) < 4.78 is 5.70. The number of aromatic hydroxyl groups is 1. The summed E-state index contributed by atoms with van der Waals surface area (Å²) in [6.07, 6.45) is 0. The Balaban J connectivity index is 1.97. The smallest absolute Gasteiger partial charge is 0.252 e. The fourth-order valence-electron chi connectivity index (χ4n) is 2.05. The molecule has 0 radical (unpaired) electrons. The molecular weight excluding hydrogens is 340 g/mol. The Morgan fingerprint density at radius 2 is 2.05 bits per heavy atom. The van der Waals surface area contributed by atoms with Gasteiger partial charge in [-0.2, -0.15) is 0 Å². The number of amides is 2. The van der Waals surface area contributed by atoms with Gasteiger partial charge >= 0.3 is 0 Å². The second kappa shape index (κ2) is 6.91. The van der Waals surface area contributed by atoms with Gasteiger partial charge in [0.25, 0.3) is 5.91 Å². The number of nitrogens with zero attached hydrogens (tertiary/aromatic N) is 1. The minimum absolute atomic E-state index is 0.0187. The average Bonchev–Trinajstić information content (AvgIpc) is 2.50. The van der Waals surface area contributed by atoms with Gasteiger partial charge in [0.05, 0.1) is 17.7 Å². The highest BCUT2D eigenvalue weighted by Gasteiger charge is 2.24. The molecule has 2 rings (SSSR count). The van der Waals surface area contributed by atoms with Crippen molar-refractivity contribution in [3.8, 4) is 5.75 Å². The van der Waals surface area contributed by atoms with Crippen LogP contribution in [0.4, 0.5) is 0 Å². The molecule has 1 unspecified atom stereocenters. The number of morpholine rings is 1. The first kappa shape index (κ1) is 15.8. The summed E-state index contributed by atoms with van der Waals surface area (Å²) in [5.41, 5.74) is 0.303. The molecule has 1 aliphatic rings. The minimum atomic E-state index is -0.624. The number of ether oxygens (including phenoxy) is 1. The molecule has 1 aromatic carbocycles. The van der Waals surface area contributed by atoms with Crippen molar-refractivity contribution in [3.05, 3.63) is 28.2 Å². The fourth-order valence-corrected chi connectivity index (χ4v) is 2.30. The van der Waals surface area contributed by atoms with Crippen LogP contribution in [-0.2, 0) is 9.53 Å². The number of carbonyl (C=O) groups excluding carboxylic acids is 2. The van der Waals surface area contributed by atoms with Gasteiger partial charge in [0.15, 0.2) is 0 Å². The van der Waals surface area contributed by atoms with Crippen molar-refractivity contribution in [1.29, 1.82) is 0 Å². The molecule has 1 fully saturated rings. The first-order valence-corrected chi connectivity index (χ1v) is 7.44. The Labute approximate surface area is 131 Å². The van der Waals surface area contributed by atoms with Crippen molar-refractivity contribution in [2.24, 2.45) is 0 Å². The van der Waals surface area contributed by atoms with E-state index in [1.165, 1.54) is 6.07 Å². The van der Waals surface area contributed by atoms with Gasteiger partial charge in [-0.25, -0.2) is 0 Å². The highest BCUT2D eigenvalue weighted by Crippen LogP contribution is 2.24. The van der Waals surface area contributed by atoms with Crippen molar-refractivity contribution in [3.63, 3.8) is 0 Å². The molecule has 6 nitrogen and oxygen atoms in total. The average molecular weight is 357 g/mol. The van der Waals surface area contributed by atoms with E-state index in [1.54, 1.807) is 24.0 Å². The molecule has 2 amide bonds. The molecule has 114 valence electrons. The second-order valence-electron chi connectivity index (χ2n) is 4.80. The molecule has 1 heterocycles. The number of phenols is 1. The van der Waals surface area contributed by atoms with Gasteiger partial charge in [0.2, 0.25) is 5.91 Å². The number of benzene rings is 1. The Morgan fingerprint density at radius 1 is 1.38 bits per heavy atom. The van der Waals surface area contributed by atoms with E-state index in [-0.39, 0.29) is 11.7 Å². The van der Waals surface area contributed by atoms with Crippen molar-refractivity contribution in [1.82, 2.24) is 10.2 Å². The molecule has 1 atom stereocenters. The Morgan fingerprint density at radius 3 is 2.67 bits per heavy atom. The van der Waals surface area contributed by atoms with Crippen LogP contribution in [0.1, 0.15) is 17.3 Å². The Bertz CT molecular complexity index is 544. The van der Waals surface area contributed by atoms with Crippen molar-refractivity contribution in [2.45, 2.75) is 13.0 Å². The van der Waals surface area contributed by atoms with Gasteiger partial charge in [-0.1, -0.05) is 0 Å². The topological polar surface area (TPSA) is 78.9 Å². The maximum absolute atomic E-state index is 12.2. The summed E-state index contributed by atoms with van der Waals surface area (Å²) in [6, 6.07) is 3.89. The van der Waals surface area contributed by atoms with Gasteiger partial charge in [0.1, 0.15) is 11.8 Å². The lowest BCUT2D eigenvalue weighted by Crippen LogP contribution is -2.50. The van der Waals surface area contributed by atoms with E-state index in [0.717, 1.165) is 0 Å². The van der Waals surface area contributed by atoms with Crippen molar-refractivity contribution < 1.29 is 19.4 Å². The highest BCUT2D eigenvalue weighted by molar-refractivity contribution is 9.10. The Hall–Kier alpha value is -1.60. The van der Waals surface area contributed by atoms with Crippen molar-refractivity contribution >= 4 is 27.7 Å². The molecule has 1 aliphatic heterocycles. The maximum Gasteiger partial charge on any atom is 0.252 e. The number of hydrogen-bond acceptors (Lipinski definition) is 4. The van der Waals surface area contributed by atoms with Crippen LogP contribution in [0.15, 0.2) is 22.7 Å². The standard InChI is InChI=1S/C14H17BrN2O4/c1-9(14(20)17-4-6-21-7-5-17)16-13(19)10-2-3-11(15)12(18)8-10/h2-3,8-9,18H,4-7H2,1H3,(H,16,19). The third-order valence-corrected chi connectivity index (χ3v) is 3.92. The quantitative estimate of drug-likeness (QED) is 0.850. The largest absolute Gasteiger partial charge is 0.507 e. The van der Waals surface area contributed by atoms with Crippen LogP contribution in [0.3, 0.4) is 0 Å². The van der Waals surface area contributed by atoms with Crippen LogP contribution in [0.25, 0.3) is 0 Å². The molecule has 1 saturated heterocycles. The normalized spacial score (nSPS) is 16.4. The number of phenolic OH excluding ortho intramolecular Hbond substituents is 1. The molecule has 7 heteroatoms. The van der Waals surface area contributed by atoms with E-state index in [0.29, 0.717) is 36.3 Å². The molecule has 0 aromatic heterocycles. The van der Waals surface area contributed by atoms with Crippen molar-refractivity contribution in [2.75, 3.05) is 26.3 Å². The monoisotopic (exact) mass is 356 g/mol. The zero-order valence-corrected chi connectivity index (χ0v) is 13.2. The summed E-state index contributed by atoms with van der Waals surface area (Å²) in [5.74, 6) is -0.547. The predicted octanol–water partition coefficient (Wildman–Crippen LogP) is 1.13. The lowest BCUT2D eigenvalue weighted by Gasteiger charge is -2.29. The van der Waals surface area contributed by atoms with Crippen LogP contribution in [-0.4, -0.2) is 54.2 Å². The molecule has 21 heavy (non-hydrogen) atoms. The summed E-state index contributed by atoms with van der Waals surface area (Å²) in [7, 11) is 0. The number of halogens is 1. The lowest BCUT2D eigenvalue weighted by molar-refractivity contribution is -0.136. The SMILES string of the molecule is CC(NC(=O)c1ccc(Br)c(O)c1)C(=O)N1CCOCC1. The van der Waals surface area contributed by atoms with Crippen LogP contribution in [0, 0.1) is 0 Å². The molecular formula is C14H17BrN2O4. The molecule has 0 aliphatic carbocycles. The summed E-state index contributed by atoms with van der Waals surface area (Å²) in [5, 5.41) is 12.2. The molecule has 2 N–H and O–H groups in total. The molecule has 1 aromatic rings. The zero-order valence-electron chi connectivity index (χ0n) is 11.6. The van der Waals surface area contributed by atoms with Gasteiger partial charge < -0.3 is 20.1 Å². The van der Waals surface area contributed by atoms with E-state index in [9.17, 15) is 14.7 Å².